The summed E-state index contributed by atoms with van der Waals surface area (Å²) in [5.74, 6) is -1.13. The van der Waals surface area contributed by atoms with Crippen molar-refractivity contribution >= 4 is 5.97 Å². The van der Waals surface area contributed by atoms with Crippen LogP contribution in [-0.4, -0.2) is 60.5 Å². The van der Waals surface area contributed by atoms with Crippen molar-refractivity contribution in [1.82, 2.24) is 4.90 Å². The number of ether oxygens (including phenoxy) is 2. The minimum Gasteiger partial charge on any atom is -0.481 e. The summed E-state index contributed by atoms with van der Waals surface area (Å²) in [6, 6.07) is 0.440. The molecule has 0 aromatic heterocycles. The molecular weight excluding hydrogens is 234 g/mol. The normalized spacial score (nSPS) is 37.1. The molecule has 104 valence electrons. The van der Waals surface area contributed by atoms with Gasteiger partial charge in [-0.1, -0.05) is 6.92 Å². The van der Waals surface area contributed by atoms with Gasteiger partial charge in [0.1, 0.15) is 0 Å². The smallest absolute Gasteiger partial charge is 0.310 e. The molecule has 0 amide bonds. The van der Waals surface area contributed by atoms with Crippen LogP contribution in [0.5, 0.6) is 0 Å². The molecule has 0 aromatic carbocycles. The highest BCUT2D eigenvalue weighted by Gasteiger charge is 2.40. The van der Waals surface area contributed by atoms with Crippen LogP contribution in [0.2, 0.25) is 0 Å². The topological polar surface area (TPSA) is 59.0 Å². The molecule has 2 heterocycles. The predicted molar refractivity (Wildman–Crippen MR) is 66.5 cm³/mol. The summed E-state index contributed by atoms with van der Waals surface area (Å²) < 4.78 is 10.9. The number of carboxylic acid groups (broad SMARTS) is 1. The quantitative estimate of drug-likeness (QED) is 0.813. The number of hydrogen-bond acceptors (Lipinski definition) is 4. The first-order valence-electron chi connectivity index (χ1n) is 6.81. The summed E-state index contributed by atoms with van der Waals surface area (Å²) in [6.07, 6.45) is 2.24. The molecule has 4 unspecified atom stereocenters. The Morgan fingerprint density at radius 1 is 1.44 bits per heavy atom. The van der Waals surface area contributed by atoms with Crippen LogP contribution < -0.4 is 0 Å². The van der Waals surface area contributed by atoms with Crippen molar-refractivity contribution in [2.75, 3.05) is 26.4 Å². The summed E-state index contributed by atoms with van der Waals surface area (Å²) in [6.45, 7) is 6.70. The zero-order chi connectivity index (χ0) is 13.1. The van der Waals surface area contributed by atoms with Gasteiger partial charge in [-0.2, -0.15) is 0 Å². The number of rotatable bonds is 4. The SMILES string of the molecule is CCN(C1CCOC(C)C1)C1COCC1C(=O)O. The first kappa shape index (κ1) is 13.8. The van der Waals surface area contributed by atoms with E-state index in [1.165, 1.54) is 0 Å². The summed E-state index contributed by atoms with van der Waals surface area (Å²) in [7, 11) is 0. The van der Waals surface area contributed by atoms with E-state index in [0.29, 0.717) is 19.3 Å². The van der Waals surface area contributed by atoms with Gasteiger partial charge in [0.15, 0.2) is 0 Å². The minimum atomic E-state index is -0.740. The molecule has 1 N–H and O–H groups in total. The van der Waals surface area contributed by atoms with Crippen LogP contribution in [0.1, 0.15) is 26.7 Å². The predicted octanol–water partition coefficient (Wildman–Crippen LogP) is 0.975. The number of likely N-dealkylation sites (N-methyl/N-ethyl adjacent to an activating group) is 1. The lowest BCUT2D eigenvalue weighted by Crippen LogP contribution is -2.51. The van der Waals surface area contributed by atoms with Gasteiger partial charge in [-0.25, -0.2) is 0 Å². The highest BCUT2D eigenvalue weighted by molar-refractivity contribution is 5.71. The Morgan fingerprint density at radius 2 is 2.22 bits per heavy atom. The Morgan fingerprint density at radius 3 is 2.83 bits per heavy atom. The Balaban J connectivity index is 2.05. The maximum Gasteiger partial charge on any atom is 0.310 e. The molecule has 0 radical (unpaired) electrons. The number of hydrogen-bond donors (Lipinski definition) is 1. The van der Waals surface area contributed by atoms with Crippen LogP contribution in [0.3, 0.4) is 0 Å². The molecule has 2 saturated heterocycles. The molecule has 5 nitrogen and oxygen atoms in total. The minimum absolute atomic E-state index is 0.0165. The number of carbonyl (C=O) groups is 1. The summed E-state index contributed by atoms with van der Waals surface area (Å²) in [5.41, 5.74) is 0. The van der Waals surface area contributed by atoms with Crippen molar-refractivity contribution in [2.24, 2.45) is 5.92 Å². The molecular formula is C13H23NO4. The fraction of sp³-hybridized carbons (Fsp3) is 0.923. The van der Waals surface area contributed by atoms with Gasteiger partial charge in [-0.05, 0) is 26.3 Å². The van der Waals surface area contributed by atoms with E-state index >= 15 is 0 Å². The number of nitrogens with zero attached hydrogens (tertiary/aromatic N) is 1. The summed E-state index contributed by atoms with van der Waals surface area (Å²) >= 11 is 0. The van der Waals surface area contributed by atoms with Gasteiger partial charge in [-0.15, -0.1) is 0 Å². The van der Waals surface area contributed by atoms with Gasteiger partial charge in [0.25, 0.3) is 0 Å². The second-order valence-corrected chi connectivity index (χ2v) is 5.24. The van der Waals surface area contributed by atoms with E-state index < -0.39 is 5.97 Å². The van der Waals surface area contributed by atoms with Crippen LogP contribution in [0.25, 0.3) is 0 Å². The van der Waals surface area contributed by atoms with Gasteiger partial charge in [0.05, 0.1) is 25.2 Å². The molecule has 0 bridgehead atoms. The molecule has 2 rings (SSSR count). The van der Waals surface area contributed by atoms with Gasteiger partial charge in [0, 0.05) is 18.7 Å². The van der Waals surface area contributed by atoms with E-state index in [2.05, 4.69) is 18.7 Å². The van der Waals surface area contributed by atoms with Crippen LogP contribution in [0, 0.1) is 5.92 Å². The fourth-order valence-corrected chi connectivity index (χ4v) is 3.14. The van der Waals surface area contributed by atoms with Crippen molar-refractivity contribution < 1.29 is 19.4 Å². The maximum atomic E-state index is 11.2. The van der Waals surface area contributed by atoms with E-state index in [1.807, 2.05) is 0 Å². The highest BCUT2D eigenvalue weighted by Crippen LogP contribution is 2.27. The first-order chi connectivity index (χ1) is 8.63. The third-order valence-corrected chi connectivity index (χ3v) is 4.09. The molecule has 4 atom stereocenters. The molecule has 2 aliphatic rings. The van der Waals surface area contributed by atoms with Gasteiger partial charge < -0.3 is 14.6 Å². The second kappa shape index (κ2) is 5.99. The average Bonchev–Trinajstić information content (AvgIpc) is 2.79. The molecule has 18 heavy (non-hydrogen) atoms. The van der Waals surface area contributed by atoms with Crippen molar-refractivity contribution in [3.05, 3.63) is 0 Å². The third kappa shape index (κ3) is 2.84. The highest BCUT2D eigenvalue weighted by atomic mass is 16.5. The monoisotopic (exact) mass is 257 g/mol. The zero-order valence-corrected chi connectivity index (χ0v) is 11.2. The standard InChI is InChI=1S/C13H23NO4/c1-3-14(10-4-5-18-9(2)6-10)12-8-17-7-11(12)13(15)16/h9-12H,3-8H2,1-2H3,(H,15,16). The van der Waals surface area contributed by atoms with Crippen molar-refractivity contribution in [3.63, 3.8) is 0 Å². The van der Waals surface area contributed by atoms with E-state index in [-0.39, 0.29) is 18.1 Å². The van der Waals surface area contributed by atoms with Crippen LogP contribution in [0.15, 0.2) is 0 Å². The molecule has 5 heteroatoms. The molecule has 2 fully saturated rings. The summed E-state index contributed by atoms with van der Waals surface area (Å²) in [4.78, 5) is 13.6. The zero-order valence-electron chi connectivity index (χ0n) is 11.2. The number of aliphatic carboxylic acids is 1. The molecule has 0 aliphatic carbocycles. The Labute approximate surface area is 108 Å². The van der Waals surface area contributed by atoms with E-state index in [9.17, 15) is 9.90 Å². The van der Waals surface area contributed by atoms with Gasteiger partial charge >= 0.3 is 5.97 Å². The lowest BCUT2D eigenvalue weighted by molar-refractivity contribution is -0.143. The molecule has 0 spiro atoms. The largest absolute Gasteiger partial charge is 0.481 e. The average molecular weight is 257 g/mol. The van der Waals surface area contributed by atoms with Gasteiger partial charge in [-0.3, -0.25) is 9.69 Å². The molecule has 0 aromatic rings. The van der Waals surface area contributed by atoms with E-state index in [4.69, 9.17) is 9.47 Å². The maximum absolute atomic E-state index is 11.2. The Hall–Kier alpha value is -0.650. The van der Waals surface area contributed by atoms with Crippen LogP contribution in [-0.2, 0) is 14.3 Å². The van der Waals surface area contributed by atoms with Crippen molar-refractivity contribution in [2.45, 2.75) is 44.9 Å². The number of carboxylic acids is 1. The van der Waals surface area contributed by atoms with Crippen LogP contribution >= 0.6 is 0 Å². The third-order valence-electron chi connectivity index (χ3n) is 4.09. The molecule has 0 saturated carbocycles. The summed E-state index contributed by atoms with van der Waals surface area (Å²) in [5, 5.41) is 9.25. The Bertz CT molecular complexity index is 297. The second-order valence-electron chi connectivity index (χ2n) is 5.24. The Kier molecular flexibility index (Phi) is 4.59. The lowest BCUT2D eigenvalue weighted by atomic mass is 9.96. The van der Waals surface area contributed by atoms with Gasteiger partial charge in [0.2, 0.25) is 0 Å². The first-order valence-corrected chi connectivity index (χ1v) is 6.81. The van der Waals surface area contributed by atoms with Crippen molar-refractivity contribution in [1.29, 1.82) is 0 Å². The van der Waals surface area contributed by atoms with E-state index in [1.54, 1.807) is 0 Å². The lowest BCUT2D eigenvalue weighted by Gasteiger charge is -2.40. The van der Waals surface area contributed by atoms with Crippen LogP contribution in [0.4, 0.5) is 0 Å². The van der Waals surface area contributed by atoms with E-state index in [0.717, 1.165) is 26.0 Å². The van der Waals surface area contributed by atoms with Crippen molar-refractivity contribution in [3.8, 4) is 0 Å². The fourth-order valence-electron chi connectivity index (χ4n) is 3.14. The molecule has 2 aliphatic heterocycles.